The van der Waals surface area contributed by atoms with Gasteiger partial charge in [0.25, 0.3) is 0 Å². The average Bonchev–Trinajstić information content (AvgIpc) is 2.72. The van der Waals surface area contributed by atoms with Crippen molar-refractivity contribution in [1.82, 2.24) is 9.78 Å². The molecule has 0 atom stereocenters. The molecule has 0 aliphatic carbocycles. The van der Waals surface area contributed by atoms with Crippen LogP contribution >= 0.6 is 11.6 Å². The molecule has 0 radical (unpaired) electrons. The quantitative estimate of drug-likeness (QED) is 0.854. The molecule has 1 amide bonds. The second-order valence-electron chi connectivity index (χ2n) is 4.87. The Bertz CT molecular complexity index is 766. The predicted molar refractivity (Wildman–Crippen MR) is 82.1 cm³/mol. The average molecular weight is 344 g/mol. The Labute approximate surface area is 135 Å². The van der Waals surface area contributed by atoms with Crippen molar-refractivity contribution in [3.05, 3.63) is 52.3 Å². The molecule has 0 bridgehead atoms. The van der Waals surface area contributed by atoms with Crippen LogP contribution in [0.4, 0.5) is 18.9 Å². The van der Waals surface area contributed by atoms with Crippen molar-refractivity contribution in [1.29, 1.82) is 0 Å². The summed E-state index contributed by atoms with van der Waals surface area (Å²) in [6.07, 6.45) is -2.67. The standard InChI is InChI=1S/C15H13ClF3N3O/c1-9-4-3-5-10(8-9)20-12(23)7-6-11-13(15(17,18)19)21-22(2)14(11)16/h3-8H,1-2H3,(H,20,23)/b7-6+. The second kappa shape index (κ2) is 6.45. The summed E-state index contributed by atoms with van der Waals surface area (Å²) in [4.78, 5) is 11.8. The van der Waals surface area contributed by atoms with Gasteiger partial charge in [0.2, 0.25) is 5.91 Å². The zero-order valence-corrected chi connectivity index (χ0v) is 13.0. The first-order valence-corrected chi connectivity index (χ1v) is 6.91. The molecule has 4 nitrogen and oxygen atoms in total. The van der Waals surface area contributed by atoms with Gasteiger partial charge in [-0.2, -0.15) is 18.3 Å². The Balaban J connectivity index is 2.22. The van der Waals surface area contributed by atoms with Gasteiger partial charge in [-0.3, -0.25) is 9.48 Å². The number of rotatable bonds is 3. The highest BCUT2D eigenvalue weighted by Gasteiger charge is 2.37. The van der Waals surface area contributed by atoms with Crippen LogP contribution in [0.25, 0.3) is 6.08 Å². The maximum atomic E-state index is 12.9. The SMILES string of the molecule is Cc1cccc(NC(=O)/C=C/c2c(C(F)(F)F)nn(C)c2Cl)c1. The van der Waals surface area contributed by atoms with E-state index in [0.717, 1.165) is 22.4 Å². The van der Waals surface area contributed by atoms with E-state index in [1.807, 2.05) is 13.0 Å². The molecule has 2 aromatic rings. The van der Waals surface area contributed by atoms with Crippen molar-refractivity contribution in [3.63, 3.8) is 0 Å². The van der Waals surface area contributed by atoms with E-state index in [2.05, 4.69) is 10.4 Å². The second-order valence-corrected chi connectivity index (χ2v) is 5.22. The number of hydrogen-bond acceptors (Lipinski definition) is 2. The highest BCUT2D eigenvalue weighted by atomic mass is 35.5. The molecule has 0 aliphatic heterocycles. The minimum atomic E-state index is -4.66. The van der Waals surface area contributed by atoms with Crippen LogP contribution in [0, 0.1) is 6.92 Å². The lowest BCUT2D eigenvalue weighted by atomic mass is 10.2. The monoisotopic (exact) mass is 343 g/mol. The number of nitrogens with zero attached hydrogens (tertiary/aromatic N) is 2. The predicted octanol–water partition coefficient (Wildman–Crippen LogP) is 4.05. The molecule has 0 unspecified atom stereocenters. The molecule has 1 aromatic heterocycles. The van der Waals surface area contributed by atoms with Crippen LogP contribution in [0.1, 0.15) is 16.8 Å². The highest BCUT2D eigenvalue weighted by Crippen LogP contribution is 2.34. The molecule has 0 spiro atoms. The lowest BCUT2D eigenvalue weighted by molar-refractivity contribution is -0.141. The number of aromatic nitrogens is 2. The number of carbonyl (C=O) groups excluding carboxylic acids is 1. The van der Waals surface area contributed by atoms with Gasteiger partial charge in [0, 0.05) is 24.4 Å². The topological polar surface area (TPSA) is 46.9 Å². The van der Waals surface area contributed by atoms with Crippen LogP contribution in [-0.4, -0.2) is 15.7 Å². The number of aryl methyl sites for hydroxylation is 2. The van der Waals surface area contributed by atoms with E-state index in [1.165, 1.54) is 7.05 Å². The van der Waals surface area contributed by atoms with E-state index in [9.17, 15) is 18.0 Å². The number of amides is 1. The molecule has 0 saturated carbocycles. The molecule has 23 heavy (non-hydrogen) atoms. The Morgan fingerprint density at radius 2 is 2.09 bits per heavy atom. The molecular weight excluding hydrogens is 331 g/mol. The molecule has 1 N–H and O–H groups in total. The number of halogens is 4. The molecule has 122 valence electrons. The Morgan fingerprint density at radius 3 is 2.70 bits per heavy atom. The number of benzene rings is 1. The smallest absolute Gasteiger partial charge is 0.323 e. The third-order valence-corrected chi connectivity index (χ3v) is 3.42. The molecule has 0 aliphatic rings. The van der Waals surface area contributed by atoms with E-state index in [0.29, 0.717) is 5.69 Å². The molecular formula is C15H13ClF3N3O. The highest BCUT2D eigenvalue weighted by molar-refractivity contribution is 6.31. The Kier molecular flexibility index (Phi) is 4.79. The van der Waals surface area contributed by atoms with Gasteiger partial charge in [-0.05, 0) is 30.7 Å². The normalized spacial score (nSPS) is 11.9. The first-order valence-electron chi connectivity index (χ1n) is 6.54. The molecule has 0 saturated heterocycles. The Morgan fingerprint density at radius 1 is 1.39 bits per heavy atom. The lowest BCUT2D eigenvalue weighted by Crippen LogP contribution is -2.09. The third-order valence-electron chi connectivity index (χ3n) is 2.97. The van der Waals surface area contributed by atoms with E-state index in [-0.39, 0.29) is 10.7 Å². The van der Waals surface area contributed by atoms with Crippen molar-refractivity contribution >= 4 is 29.3 Å². The summed E-state index contributed by atoms with van der Waals surface area (Å²) in [5, 5.41) is 5.69. The van der Waals surface area contributed by atoms with Crippen molar-refractivity contribution in [2.24, 2.45) is 7.05 Å². The van der Waals surface area contributed by atoms with Crippen LogP contribution in [0.15, 0.2) is 30.3 Å². The molecule has 0 fully saturated rings. The van der Waals surface area contributed by atoms with Crippen molar-refractivity contribution in [2.75, 3.05) is 5.32 Å². The fourth-order valence-electron chi connectivity index (χ4n) is 1.94. The first kappa shape index (κ1) is 17.1. The van der Waals surface area contributed by atoms with Crippen LogP contribution in [-0.2, 0) is 18.0 Å². The van der Waals surface area contributed by atoms with Gasteiger partial charge < -0.3 is 5.32 Å². The third kappa shape index (κ3) is 4.13. The van der Waals surface area contributed by atoms with E-state index < -0.39 is 17.8 Å². The molecule has 2 rings (SSSR count). The molecule has 1 heterocycles. The first-order chi connectivity index (χ1) is 10.7. The minimum absolute atomic E-state index is 0.197. The number of anilines is 1. The summed E-state index contributed by atoms with van der Waals surface area (Å²) >= 11 is 5.80. The summed E-state index contributed by atoms with van der Waals surface area (Å²) < 4.78 is 39.6. The maximum Gasteiger partial charge on any atom is 0.435 e. The fourth-order valence-corrected chi connectivity index (χ4v) is 2.13. The Hall–Kier alpha value is -2.28. The zero-order chi connectivity index (χ0) is 17.2. The van der Waals surface area contributed by atoms with Crippen molar-refractivity contribution in [2.45, 2.75) is 13.1 Å². The van der Waals surface area contributed by atoms with Gasteiger partial charge in [0.05, 0.1) is 0 Å². The fraction of sp³-hybridized carbons (Fsp3) is 0.200. The van der Waals surface area contributed by atoms with Crippen LogP contribution in [0.3, 0.4) is 0 Å². The van der Waals surface area contributed by atoms with Gasteiger partial charge in [0.15, 0.2) is 5.69 Å². The van der Waals surface area contributed by atoms with E-state index >= 15 is 0 Å². The van der Waals surface area contributed by atoms with Gasteiger partial charge in [-0.15, -0.1) is 0 Å². The summed E-state index contributed by atoms with van der Waals surface area (Å²) in [5.74, 6) is -0.566. The summed E-state index contributed by atoms with van der Waals surface area (Å²) in [6, 6.07) is 7.03. The van der Waals surface area contributed by atoms with Crippen LogP contribution < -0.4 is 5.32 Å². The van der Waals surface area contributed by atoms with E-state index in [4.69, 9.17) is 11.6 Å². The van der Waals surface area contributed by atoms with E-state index in [1.54, 1.807) is 18.2 Å². The van der Waals surface area contributed by atoms with Gasteiger partial charge in [0.1, 0.15) is 5.15 Å². The summed E-state index contributed by atoms with van der Waals surface area (Å²) in [6.45, 7) is 1.86. The zero-order valence-electron chi connectivity index (χ0n) is 12.3. The largest absolute Gasteiger partial charge is 0.435 e. The van der Waals surface area contributed by atoms with Crippen molar-refractivity contribution in [3.8, 4) is 0 Å². The van der Waals surface area contributed by atoms with Gasteiger partial charge >= 0.3 is 6.18 Å². The summed E-state index contributed by atoms with van der Waals surface area (Å²) in [5.41, 5.74) is 0.0140. The number of carbonyl (C=O) groups is 1. The van der Waals surface area contributed by atoms with Crippen LogP contribution in [0.5, 0.6) is 0 Å². The van der Waals surface area contributed by atoms with Gasteiger partial charge in [-0.1, -0.05) is 23.7 Å². The lowest BCUT2D eigenvalue weighted by Gasteiger charge is -2.04. The number of nitrogens with one attached hydrogen (secondary N) is 1. The molecule has 1 aromatic carbocycles. The number of hydrogen-bond donors (Lipinski definition) is 1. The van der Waals surface area contributed by atoms with Gasteiger partial charge in [-0.25, -0.2) is 0 Å². The molecule has 8 heteroatoms. The number of alkyl halides is 3. The maximum absolute atomic E-state index is 12.9. The van der Waals surface area contributed by atoms with Crippen molar-refractivity contribution < 1.29 is 18.0 Å². The summed E-state index contributed by atoms with van der Waals surface area (Å²) in [7, 11) is 1.29. The minimum Gasteiger partial charge on any atom is -0.323 e. The van der Waals surface area contributed by atoms with Crippen LogP contribution in [0.2, 0.25) is 5.15 Å².